The highest BCUT2D eigenvalue weighted by atomic mass is 32.1. The van der Waals surface area contributed by atoms with Crippen molar-refractivity contribution in [3.05, 3.63) is 81.7 Å². The fourth-order valence-corrected chi connectivity index (χ4v) is 5.00. The van der Waals surface area contributed by atoms with Crippen molar-refractivity contribution in [3.63, 3.8) is 0 Å². The van der Waals surface area contributed by atoms with Crippen LogP contribution in [0, 0.1) is 0 Å². The lowest BCUT2D eigenvalue weighted by Crippen LogP contribution is -2.32. The SMILES string of the molecule is O=C(NCC1CCCO1)c1ccccc1NCc1nc2scc(-c3ccccc3)c2c(=O)[nH]1. The van der Waals surface area contributed by atoms with E-state index in [2.05, 4.69) is 20.6 Å². The molecule has 1 saturated heterocycles. The van der Waals surface area contributed by atoms with Crippen molar-refractivity contribution in [2.75, 3.05) is 18.5 Å². The van der Waals surface area contributed by atoms with Crippen LogP contribution in [0.1, 0.15) is 29.0 Å². The zero-order valence-electron chi connectivity index (χ0n) is 18.0. The molecule has 0 radical (unpaired) electrons. The number of H-pyrrole nitrogens is 1. The number of anilines is 1. The number of carbonyl (C=O) groups is 1. The number of hydrogen-bond acceptors (Lipinski definition) is 6. The standard InChI is InChI=1S/C25H24N4O3S/c30-23(27-13-17-9-6-12-32-17)18-10-4-5-11-20(18)26-14-21-28-24(31)22-19(15-33-25(22)29-21)16-7-2-1-3-8-16/h1-5,7-8,10-11,15,17,26H,6,9,12-14H2,(H,27,30)(H,28,29,31). The van der Waals surface area contributed by atoms with Gasteiger partial charge >= 0.3 is 0 Å². The van der Waals surface area contributed by atoms with Crippen LogP contribution in [0.15, 0.2) is 64.8 Å². The summed E-state index contributed by atoms with van der Waals surface area (Å²) in [7, 11) is 0. The van der Waals surface area contributed by atoms with E-state index in [1.54, 1.807) is 6.07 Å². The van der Waals surface area contributed by atoms with E-state index in [0.29, 0.717) is 40.4 Å². The second-order valence-electron chi connectivity index (χ2n) is 7.95. The number of para-hydroxylation sites is 1. The molecule has 0 saturated carbocycles. The van der Waals surface area contributed by atoms with Crippen LogP contribution in [0.2, 0.25) is 0 Å². The largest absolute Gasteiger partial charge is 0.377 e. The second-order valence-corrected chi connectivity index (χ2v) is 8.81. The lowest BCUT2D eigenvalue weighted by atomic mass is 10.1. The van der Waals surface area contributed by atoms with E-state index in [4.69, 9.17) is 4.74 Å². The van der Waals surface area contributed by atoms with E-state index in [9.17, 15) is 9.59 Å². The molecule has 0 bridgehead atoms. The minimum Gasteiger partial charge on any atom is -0.377 e. The summed E-state index contributed by atoms with van der Waals surface area (Å²) < 4.78 is 5.58. The first-order valence-electron chi connectivity index (χ1n) is 11.0. The Hall–Kier alpha value is -3.49. The second kappa shape index (κ2) is 9.56. The quantitative estimate of drug-likeness (QED) is 0.385. The molecule has 7 nitrogen and oxygen atoms in total. The lowest BCUT2D eigenvalue weighted by Gasteiger charge is -2.14. The number of thiophene rings is 1. The Kier molecular flexibility index (Phi) is 6.19. The van der Waals surface area contributed by atoms with E-state index in [-0.39, 0.29) is 17.6 Å². The summed E-state index contributed by atoms with van der Waals surface area (Å²) in [5.74, 6) is 0.361. The van der Waals surface area contributed by atoms with Gasteiger partial charge in [-0.3, -0.25) is 9.59 Å². The van der Waals surface area contributed by atoms with Crippen LogP contribution >= 0.6 is 11.3 Å². The maximum absolute atomic E-state index is 12.9. The van der Waals surface area contributed by atoms with Gasteiger partial charge in [-0.05, 0) is 30.5 Å². The molecule has 33 heavy (non-hydrogen) atoms. The number of ether oxygens (including phenoxy) is 1. The zero-order valence-corrected chi connectivity index (χ0v) is 18.8. The number of benzene rings is 2. The number of fused-ring (bicyclic) bond motifs is 1. The number of nitrogens with zero attached hydrogens (tertiary/aromatic N) is 1. The Morgan fingerprint density at radius 1 is 1.15 bits per heavy atom. The molecule has 1 aliphatic rings. The molecule has 8 heteroatoms. The number of carbonyl (C=O) groups excluding carboxylic acids is 1. The Balaban J connectivity index is 1.32. The molecule has 1 atom stereocenters. The molecule has 3 N–H and O–H groups in total. The monoisotopic (exact) mass is 460 g/mol. The van der Waals surface area contributed by atoms with E-state index < -0.39 is 0 Å². The summed E-state index contributed by atoms with van der Waals surface area (Å²) in [6, 6.07) is 17.1. The molecule has 1 fully saturated rings. The van der Waals surface area contributed by atoms with Crippen LogP contribution < -0.4 is 16.2 Å². The van der Waals surface area contributed by atoms with Crippen LogP contribution in [-0.4, -0.2) is 35.1 Å². The number of nitrogens with one attached hydrogen (secondary N) is 3. The molecule has 2 aromatic heterocycles. The van der Waals surface area contributed by atoms with Gasteiger partial charge in [-0.1, -0.05) is 42.5 Å². The van der Waals surface area contributed by atoms with Crippen molar-refractivity contribution in [1.29, 1.82) is 0 Å². The van der Waals surface area contributed by atoms with Gasteiger partial charge in [0.15, 0.2) is 0 Å². The van der Waals surface area contributed by atoms with Crippen LogP contribution in [0.5, 0.6) is 0 Å². The minimum absolute atomic E-state index is 0.0849. The fourth-order valence-electron chi connectivity index (χ4n) is 4.03. The molecule has 2 aromatic carbocycles. The predicted octanol–water partition coefficient (Wildman–Crippen LogP) is 4.17. The summed E-state index contributed by atoms with van der Waals surface area (Å²) in [4.78, 5) is 33.8. The normalized spacial score (nSPS) is 15.6. The third kappa shape index (κ3) is 4.67. The Morgan fingerprint density at radius 2 is 1.97 bits per heavy atom. The van der Waals surface area contributed by atoms with Gasteiger partial charge in [-0.2, -0.15) is 0 Å². The molecule has 0 aliphatic carbocycles. The van der Waals surface area contributed by atoms with Gasteiger partial charge < -0.3 is 20.4 Å². The van der Waals surface area contributed by atoms with Crippen LogP contribution in [0.25, 0.3) is 21.3 Å². The minimum atomic E-state index is -0.167. The van der Waals surface area contributed by atoms with Crippen LogP contribution in [0.4, 0.5) is 5.69 Å². The number of rotatable bonds is 7. The van der Waals surface area contributed by atoms with Crippen molar-refractivity contribution in [2.24, 2.45) is 0 Å². The number of amides is 1. The summed E-state index contributed by atoms with van der Waals surface area (Å²) in [6.07, 6.45) is 2.09. The van der Waals surface area contributed by atoms with Crippen molar-refractivity contribution < 1.29 is 9.53 Å². The van der Waals surface area contributed by atoms with Crippen LogP contribution in [-0.2, 0) is 11.3 Å². The molecule has 4 aromatic rings. The third-order valence-electron chi connectivity index (χ3n) is 5.71. The van der Waals surface area contributed by atoms with E-state index in [1.807, 2.05) is 53.9 Å². The van der Waals surface area contributed by atoms with Gasteiger partial charge in [0.05, 0.1) is 23.6 Å². The van der Waals surface area contributed by atoms with Gasteiger partial charge in [0.1, 0.15) is 10.7 Å². The molecule has 1 unspecified atom stereocenters. The topological polar surface area (TPSA) is 96.1 Å². The molecule has 168 valence electrons. The summed E-state index contributed by atoms with van der Waals surface area (Å²) in [5, 5.41) is 8.77. The first kappa shape index (κ1) is 21.4. The molecular formula is C25H24N4O3S. The predicted molar refractivity (Wildman–Crippen MR) is 131 cm³/mol. The average Bonchev–Trinajstić information content (AvgIpc) is 3.52. The summed E-state index contributed by atoms with van der Waals surface area (Å²) >= 11 is 1.45. The molecule has 5 rings (SSSR count). The van der Waals surface area contributed by atoms with E-state index >= 15 is 0 Å². The van der Waals surface area contributed by atoms with Crippen molar-refractivity contribution in [1.82, 2.24) is 15.3 Å². The number of aromatic amines is 1. The van der Waals surface area contributed by atoms with Crippen LogP contribution in [0.3, 0.4) is 0 Å². The van der Waals surface area contributed by atoms with E-state index in [1.165, 1.54) is 11.3 Å². The van der Waals surface area contributed by atoms with Gasteiger partial charge in [0.2, 0.25) is 0 Å². The first-order valence-corrected chi connectivity index (χ1v) is 11.9. The maximum atomic E-state index is 12.9. The lowest BCUT2D eigenvalue weighted by molar-refractivity contribution is 0.0858. The molecular weight excluding hydrogens is 436 g/mol. The van der Waals surface area contributed by atoms with E-state index in [0.717, 1.165) is 30.6 Å². The van der Waals surface area contributed by atoms with Gasteiger partial charge in [0, 0.05) is 29.8 Å². The third-order valence-corrected chi connectivity index (χ3v) is 6.58. The molecule has 3 heterocycles. The van der Waals surface area contributed by atoms with Gasteiger partial charge in [-0.15, -0.1) is 11.3 Å². The highest BCUT2D eigenvalue weighted by Crippen LogP contribution is 2.30. The zero-order chi connectivity index (χ0) is 22.6. The first-order chi connectivity index (χ1) is 16.2. The number of hydrogen-bond donors (Lipinski definition) is 3. The highest BCUT2D eigenvalue weighted by molar-refractivity contribution is 7.17. The Morgan fingerprint density at radius 3 is 2.79 bits per heavy atom. The van der Waals surface area contributed by atoms with Gasteiger partial charge in [-0.25, -0.2) is 4.98 Å². The fraction of sp³-hybridized carbons (Fsp3) is 0.240. The summed E-state index contributed by atoms with van der Waals surface area (Å²) in [5.41, 5.74) is 2.93. The van der Waals surface area contributed by atoms with Gasteiger partial charge in [0.25, 0.3) is 11.5 Å². The smallest absolute Gasteiger partial charge is 0.260 e. The average molecular weight is 461 g/mol. The Labute approximate surface area is 194 Å². The molecule has 1 aliphatic heterocycles. The van der Waals surface area contributed by atoms with Crippen molar-refractivity contribution in [2.45, 2.75) is 25.5 Å². The summed E-state index contributed by atoms with van der Waals surface area (Å²) in [6.45, 7) is 1.55. The number of aromatic nitrogens is 2. The Bertz CT molecular complexity index is 1330. The molecule has 1 amide bonds. The van der Waals surface area contributed by atoms with Crippen molar-refractivity contribution in [3.8, 4) is 11.1 Å². The highest BCUT2D eigenvalue weighted by Gasteiger charge is 2.18. The maximum Gasteiger partial charge on any atom is 0.260 e. The van der Waals surface area contributed by atoms with Crippen molar-refractivity contribution >= 4 is 33.1 Å². The molecule has 0 spiro atoms.